The molecule has 0 spiro atoms. The first-order valence-corrected chi connectivity index (χ1v) is 8.50. The molecule has 1 N–H and O–H groups in total. The van der Waals surface area contributed by atoms with E-state index in [4.69, 9.17) is 0 Å². The molecule has 2 aromatic heterocycles. The van der Waals surface area contributed by atoms with E-state index in [-0.39, 0.29) is 11.9 Å². The zero-order valence-electron chi connectivity index (χ0n) is 14.3. The smallest absolute Gasteiger partial charge is 0.354 e. The average Bonchev–Trinajstić information content (AvgIpc) is 3.13. The van der Waals surface area contributed by atoms with Crippen molar-refractivity contribution >= 4 is 11.7 Å². The number of halogens is 3. The van der Waals surface area contributed by atoms with Gasteiger partial charge in [0.25, 0.3) is 5.91 Å². The molecule has 1 amide bonds. The predicted octanol–water partition coefficient (Wildman–Crippen LogP) is 2.89. The molecule has 0 bridgehead atoms. The first-order valence-electron chi connectivity index (χ1n) is 8.50. The topological polar surface area (TPSA) is 63.1 Å². The number of carbonyl (C=O) groups is 1. The summed E-state index contributed by atoms with van der Waals surface area (Å²) in [6.45, 7) is 3.66. The maximum Gasteiger partial charge on any atom is 0.435 e. The van der Waals surface area contributed by atoms with E-state index in [1.165, 1.54) is 17.1 Å². The first kappa shape index (κ1) is 18.2. The highest BCUT2D eigenvalue weighted by atomic mass is 19.4. The highest BCUT2D eigenvalue weighted by molar-refractivity contribution is 5.93. The molecule has 1 aliphatic rings. The lowest BCUT2D eigenvalue weighted by atomic mass is 10.1. The third-order valence-electron chi connectivity index (χ3n) is 4.34. The molecule has 0 aliphatic carbocycles. The van der Waals surface area contributed by atoms with Gasteiger partial charge in [-0.1, -0.05) is 0 Å². The highest BCUT2D eigenvalue weighted by Gasteiger charge is 2.34. The van der Waals surface area contributed by atoms with E-state index in [0.29, 0.717) is 24.5 Å². The average molecular weight is 367 g/mol. The third-order valence-corrected chi connectivity index (χ3v) is 4.34. The van der Waals surface area contributed by atoms with Gasteiger partial charge in [0.1, 0.15) is 5.82 Å². The molecular weight excluding hydrogens is 347 g/mol. The Hall–Kier alpha value is -2.58. The molecule has 0 aromatic carbocycles. The number of anilines is 1. The van der Waals surface area contributed by atoms with Crippen molar-refractivity contribution in [1.82, 2.24) is 20.1 Å². The summed E-state index contributed by atoms with van der Waals surface area (Å²) in [4.78, 5) is 18.1. The van der Waals surface area contributed by atoms with Crippen LogP contribution in [0, 0.1) is 0 Å². The Morgan fingerprint density at radius 2 is 2.15 bits per heavy atom. The maximum absolute atomic E-state index is 12.7. The highest BCUT2D eigenvalue weighted by Crippen LogP contribution is 2.30. The molecule has 9 heteroatoms. The van der Waals surface area contributed by atoms with Crippen LogP contribution in [0.15, 0.2) is 30.6 Å². The van der Waals surface area contributed by atoms with E-state index in [2.05, 4.69) is 15.4 Å². The Morgan fingerprint density at radius 1 is 1.35 bits per heavy atom. The Labute approximate surface area is 149 Å². The van der Waals surface area contributed by atoms with E-state index in [9.17, 15) is 18.0 Å². The van der Waals surface area contributed by atoms with Crippen LogP contribution in [0.4, 0.5) is 19.0 Å². The maximum atomic E-state index is 12.7. The number of nitrogens with one attached hydrogen (secondary N) is 1. The zero-order valence-corrected chi connectivity index (χ0v) is 14.3. The summed E-state index contributed by atoms with van der Waals surface area (Å²) in [5.41, 5.74) is -0.398. The lowest BCUT2D eigenvalue weighted by Crippen LogP contribution is -2.37. The van der Waals surface area contributed by atoms with Crippen molar-refractivity contribution < 1.29 is 18.0 Å². The van der Waals surface area contributed by atoms with Crippen LogP contribution < -0.4 is 10.2 Å². The van der Waals surface area contributed by atoms with Gasteiger partial charge in [0.05, 0.1) is 11.6 Å². The zero-order chi connectivity index (χ0) is 18.7. The molecule has 1 fully saturated rings. The number of nitrogens with zero attached hydrogens (tertiary/aromatic N) is 4. The Morgan fingerprint density at radius 3 is 2.77 bits per heavy atom. The number of pyridine rings is 1. The van der Waals surface area contributed by atoms with Gasteiger partial charge >= 0.3 is 6.18 Å². The Kier molecular flexibility index (Phi) is 5.15. The summed E-state index contributed by atoms with van der Waals surface area (Å²) >= 11 is 0. The van der Waals surface area contributed by atoms with Gasteiger partial charge in [0.15, 0.2) is 5.69 Å². The number of amides is 1. The van der Waals surface area contributed by atoms with Crippen molar-refractivity contribution in [2.75, 3.05) is 24.5 Å². The lowest BCUT2D eigenvalue weighted by molar-refractivity contribution is -0.141. The fraction of sp³-hybridized carbons (Fsp3) is 0.471. The van der Waals surface area contributed by atoms with Crippen LogP contribution in [-0.2, 0) is 6.18 Å². The van der Waals surface area contributed by atoms with E-state index in [1.54, 1.807) is 12.1 Å². The van der Waals surface area contributed by atoms with Crippen LogP contribution in [0.1, 0.15) is 41.9 Å². The molecule has 0 radical (unpaired) electrons. The van der Waals surface area contributed by atoms with Crippen LogP contribution in [0.2, 0.25) is 0 Å². The Bertz CT molecular complexity index is 757. The lowest BCUT2D eigenvalue weighted by Gasteiger charge is -2.33. The summed E-state index contributed by atoms with van der Waals surface area (Å²) < 4.78 is 39.6. The minimum absolute atomic E-state index is 0.148. The van der Waals surface area contributed by atoms with Gasteiger partial charge in [0, 0.05) is 32.0 Å². The van der Waals surface area contributed by atoms with Crippen LogP contribution in [0.3, 0.4) is 0 Å². The summed E-state index contributed by atoms with van der Waals surface area (Å²) in [6, 6.07) is 4.31. The van der Waals surface area contributed by atoms with Crippen molar-refractivity contribution in [3.05, 3.63) is 41.9 Å². The Balaban J connectivity index is 1.70. The van der Waals surface area contributed by atoms with Crippen molar-refractivity contribution in [1.29, 1.82) is 0 Å². The fourth-order valence-electron chi connectivity index (χ4n) is 3.04. The SMILES string of the molecule is CCNC(=O)c1ccc(N2CCCC(n3ccc(C(F)(F)F)n3)C2)nc1. The molecule has 6 nitrogen and oxygen atoms in total. The molecule has 1 atom stereocenters. The van der Waals surface area contributed by atoms with Gasteiger partial charge in [-0.05, 0) is 38.0 Å². The number of hydrogen-bond donors (Lipinski definition) is 1. The van der Waals surface area contributed by atoms with Gasteiger partial charge in [0.2, 0.25) is 0 Å². The van der Waals surface area contributed by atoms with E-state index in [0.717, 1.165) is 25.5 Å². The number of alkyl halides is 3. The van der Waals surface area contributed by atoms with Crippen molar-refractivity contribution in [2.45, 2.75) is 32.0 Å². The second kappa shape index (κ2) is 7.35. The van der Waals surface area contributed by atoms with Crippen LogP contribution in [0.25, 0.3) is 0 Å². The first-order chi connectivity index (χ1) is 12.4. The monoisotopic (exact) mass is 367 g/mol. The summed E-state index contributed by atoms with van der Waals surface area (Å²) in [5.74, 6) is 0.519. The number of rotatable bonds is 4. The third kappa shape index (κ3) is 3.97. The minimum Gasteiger partial charge on any atom is -0.354 e. The summed E-state index contributed by atoms with van der Waals surface area (Å²) in [5, 5.41) is 6.39. The molecule has 1 unspecified atom stereocenters. The van der Waals surface area contributed by atoms with Gasteiger partial charge in [-0.2, -0.15) is 18.3 Å². The number of aromatic nitrogens is 3. The quantitative estimate of drug-likeness (QED) is 0.903. The van der Waals surface area contributed by atoms with Crippen molar-refractivity contribution in [2.24, 2.45) is 0 Å². The van der Waals surface area contributed by atoms with Gasteiger partial charge in [-0.25, -0.2) is 4.98 Å². The number of carbonyl (C=O) groups excluding carboxylic acids is 1. The molecule has 140 valence electrons. The molecular formula is C17H20F3N5O. The normalized spacial score (nSPS) is 18.0. The second-order valence-corrected chi connectivity index (χ2v) is 6.19. The standard InChI is InChI=1S/C17H20F3N5O/c1-2-21-16(26)12-5-6-15(22-10-12)24-8-3-4-13(11-24)25-9-7-14(23-25)17(18,19)20/h5-7,9-10,13H,2-4,8,11H2,1H3,(H,21,26). The molecule has 26 heavy (non-hydrogen) atoms. The number of piperidine rings is 1. The predicted molar refractivity (Wildman–Crippen MR) is 90.0 cm³/mol. The van der Waals surface area contributed by atoms with Crippen LogP contribution >= 0.6 is 0 Å². The number of hydrogen-bond acceptors (Lipinski definition) is 4. The van der Waals surface area contributed by atoms with E-state index >= 15 is 0 Å². The van der Waals surface area contributed by atoms with Crippen LogP contribution in [0.5, 0.6) is 0 Å². The summed E-state index contributed by atoms with van der Waals surface area (Å²) in [6.07, 6.45) is 0.0381. The largest absolute Gasteiger partial charge is 0.435 e. The van der Waals surface area contributed by atoms with E-state index < -0.39 is 11.9 Å². The molecule has 2 aromatic rings. The van der Waals surface area contributed by atoms with Gasteiger partial charge in [-0.15, -0.1) is 0 Å². The van der Waals surface area contributed by atoms with Crippen molar-refractivity contribution in [3.8, 4) is 0 Å². The fourth-order valence-corrected chi connectivity index (χ4v) is 3.04. The van der Waals surface area contributed by atoms with E-state index in [1.807, 2.05) is 11.8 Å². The molecule has 1 saturated heterocycles. The summed E-state index contributed by atoms with van der Waals surface area (Å²) in [7, 11) is 0. The molecule has 0 saturated carbocycles. The molecule has 1 aliphatic heterocycles. The minimum atomic E-state index is -4.43. The van der Waals surface area contributed by atoms with Gasteiger partial charge < -0.3 is 10.2 Å². The molecule has 3 heterocycles. The molecule has 3 rings (SSSR count). The van der Waals surface area contributed by atoms with Crippen LogP contribution in [-0.4, -0.2) is 40.3 Å². The van der Waals surface area contributed by atoms with Crippen molar-refractivity contribution in [3.63, 3.8) is 0 Å². The second-order valence-electron chi connectivity index (χ2n) is 6.19. The van der Waals surface area contributed by atoms with Gasteiger partial charge in [-0.3, -0.25) is 9.48 Å².